The first-order valence-corrected chi connectivity index (χ1v) is 9.54. The van der Waals surface area contributed by atoms with Crippen LogP contribution in [0.3, 0.4) is 0 Å². The Morgan fingerprint density at radius 1 is 1.25 bits per heavy atom. The van der Waals surface area contributed by atoms with Crippen molar-refractivity contribution in [3.05, 3.63) is 17.0 Å². The number of amides is 2. The number of hydrogen-bond acceptors (Lipinski definition) is 2. The molecule has 5 nitrogen and oxygen atoms in total. The van der Waals surface area contributed by atoms with Crippen LogP contribution in [0.15, 0.2) is 0 Å². The number of aromatic nitrogens is 2. The highest BCUT2D eigenvalue weighted by atomic mass is 16.2. The van der Waals surface area contributed by atoms with Crippen LogP contribution in [0.1, 0.15) is 74.9 Å². The molecule has 2 saturated carbocycles. The van der Waals surface area contributed by atoms with Crippen molar-refractivity contribution in [2.24, 2.45) is 13.0 Å². The third kappa shape index (κ3) is 3.76. The van der Waals surface area contributed by atoms with Crippen LogP contribution in [0.2, 0.25) is 0 Å². The van der Waals surface area contributed by atoms with Gasteiger partial charge in [0, 0.05) is 30.9 Å². The van der Waals surface area contributed by atoms with Gasteiger partial charge in [-0.3, -0.25) is 4.68 Å². The van der Waals surface area contributed by atoms with E-state index in [0.29, 0.717) is 6.04 Å². The summed E-state index contributed by atoms with van der Waals surface area (Å²) in [5.74, 6) is 0.731. The SMILES string of the molecule is Cc1nn(C)c(C)c1C(C)NC(=O)N(CC1CC1)C1CCCCC1. The third-order valence-corrected chi connectivity index (χ3v) is 5.77. The van der Waals surface area contributed by atoms with Gasteiger partial charge in [-0.15, -0.1) is 0 Å². The van der Waals surface area contributed by atoms with Gasteiger partial charge in [-0.2, -0.15) is 5.10 Å². The number of aryl methyl sites for hydroxylation is 2. The van der Waals surface area contributed by atoms with Crippen LogP contribution in [0.25, 0.3) is 0 Å². The molecule has 0 aliphatic heterocycles. The number of urea groups is 1. The van der Waals surface area contributed by atoms with Crippen molar-refractivity contribution in [3.8, 4) is 0 Å². The normalized spacial score (nSPS) is 20.0. The number of rotatable bonds is 5. The van der Waals surface area contributed by atoms with Crippen molar-refractivity contribution in [3.63, 3.8) is 0 Å². The van der Waals surface area contributed by atoms with E-state index in [0.717, 1.165) is 29.4 Å². The monoisotopic (exact) mass is 332 g/mol. The maximum Gasteiger partial charge on any atom is 0.318 e. The fourth-order valence-electron chi connectivity index (χ4n) is 4.13. The number of nitrogens with zero attached hydrogens (tertiary/aromatic N) is 3. The van der Waals surface area contributed by atoms with Crippen LogP contribution < -0.4 is 5.32 Å². The van der Waals surface area contributed by atoms with Crippen molar-refractivity contribution >= 4 is 6.03 Å². The minimum Gasteiger partial charge on any atom is -0.331 e. The Bertz CT molecular complexity index is 584. The Labute approximate surface area is 145 Å². The van der Waals surface area contributed by atoms with Crippen molar-refractivity contribution in [1.29, 1.82) is 0 Å². The maximum absolute atomic E-state index is 13.0. The van der Waals surface area contributed by atoms with Crippen molar-refractivity contribution in [1.82, 2.24) is 20.0 Å². The number of hydrogen-bond donors (Lipinski definition) is 1. The molecule has 2 amide bonds. The molecule has 1 aromatic heterocycles. The van der Waals surface area contributed by atoms with Gasteiger partial charge in [0.25, 0.3) is 0 Å². The van der Waals surface area contributed by atoms with Gasteiger partial charge in [0.2, 0.25) is 0 Å². The lowest BCUT2D eigenvalue weighted by molar-refractivity contribution is 0.149. The predicted molar refractivity (Wildman–Crippen MR) is 95.9 cm³/mol. The molecule has 1 N–H and O–H groups in total. The summed E-state index contributed by atoms with van der Waals surface area (Å²) in [6, 6.07) is 0.545. The van der Waals surface area contributed by atoms with Crippen LogP contribution >= 0.6 is 0 Å². The number of nitrogens with one attached hydrogen (secondary N) is 1. The third-order valence-electron chi connectivity index (χ3n) is 5.77. The van der Waals surface area contributed by atoms with Gasteiger partial charge in [-0.25, -0.2) is 4.79 Å². The molecule has 0 spiro atoms. The molecule has 2 aliphatic rings. The molecule has 24 heavy (non-hydrogen) atoms. The summed E-state index contributed by atoms with van der Waals surface area (Å²) in [6.45, 7) is 7.11. The van der Waals surface area contributed by atoms with E-state index >= 15 is 0 Å². The lowest BCUT2D eigenvalue weighted by atomic mass is 9.94. The Morgan fingerprint density at radius 3 is 2.46 bits per heavy atom. The molecule has 0 radical (unpaired) electrons. The van der Waals surface area contributed by atoms with Gasteiger partial charge in [-0.05, 0) is 52.4 Å². The lowest BCUT2D eigenvalue weighted by Crippen LogP contribution is -2.48. The van der Waals surface area contributed by atoms with E-state index in [9.17, 15) is 4.79 Å². The van der Waals surface area contributed by atoms with Gasteiger partial charge in [0.1, 0.15) is 0 Å². The summed E-state index contributed by atoms with van der Waals surface area (Å²) in [4.78, 5) is 15.2. The largest absolute Gasteiger partial charge is 0.331 e. The predicted octanol–water partition coefficient (Wildman–Crippen LogP) is 3.85. The van der Waals surface area contributed by atoms with E-state index in [1.165, 1.54) is 44.9 Å². The minimum absolute atomic E-state index is 0.00325. The zero-order chi connectivity index (χ0) is 17.3. The Hall–Kier alpha value is -1.52. The number of carbonyl (C=O) groups is 1. The molecule has 0 saturated heterocycles. The van der Waals surface area contributed by atoms with Crippen molar-refractivity contribution in [2.45, 2.75) is 77.8 Å². The van der Waals surface area contributed by atoms with E-state index in [2.05, 4.69) is 29.2 Å². The van der Waals surface area contributed by atoms with Gasteiger partial charge in [0.05, 0.1) is 11.7 Å². The van der Waals surface area contributed by atoms with Crippen LogP contribution in [0.5, 0.6) is 0 Å². The molecule has 3 rings (SSSR count). The number of carbonyl (C=O) groups excluding carboxylic acids is 1. The highest BCUT2D eigenvalue weighted by Gasteiger charge is 2.32. The van der Waals surface area contributed by atoms with Crippen molar-refractivity contribution < 1.29 is 4.79 Å². The summed E-state index contributed by atoms with van der Waals surface area (Å²) < 4.78 is 1.90. The summed E-state index contributed by atoms with van der Waals surface area (Å²) in [7, 11) is 1.96. The van der Waals surface area contributed by atoms with Crippen molar-refractivity contribution in [2.75, 3.05) is 6.54 Å². The summed E-state index contributed by atoms with van der Waals surface area (Å²) >= 11 is 0. The van der Waals surface area contributed by atoms with Crippen LogP contribution in [0, 0.1) is 19.8 Å². The van der Waals surface area contributed by atoms with Gasteiger partial charge < -0.3 is 10.2 Å². The summed E-state index contributed by atoms with van der Waals surface area (Å²) in [6.07, 6.45) is 8.74. The van der Waals surface area contributed by atoms with Crippen LogP contribution in [-0.2, 0) is 7.05 Å². The van der Waals surface area contributed by atoms with E-state index < -0.39 is 0 Å². The van der Waals surface area contributed by atoms with E-state index in [4.69, 9.17) is 0 Å². The molecule has 0 bridgehead atoms. The molecular weight excluding hydrogens is 300 g/mol. The zero-order valence-corrected chi connectivity index (χ0v) is 15.6. The maximum atomic E-state index is 13.0. The Morgan fingerprint density at radius 2 is 1.92 bits per heavy atom. The average molecular weight is 332 g/mol. The molecule has 1 unspecified atom stereocenters. The molecule has 2 aliphatic carbocycles. The van der Waals surface area contributed by atoms with E-state index in [-0.39, 0.29) is 12.1 Å². The first-order chi connectivity index (χ1) is 11.5. The fourth-order valence-corrected chi connectivity index (χ4v) is 4.13. The Balaban J connectivity index is 1.69. The van der Waals surface area contributed by atoms with Gasteiger partial charge >= 0.3 is 6.03 Å². The van der Waals surface area contributed by atoms with Gasteiger partial charge in [0.15, 0.2) is 0 Å². The molecule has 2 fully saturated rings. The molecule has 0 aromatic carbocycles. The minimum atomic E-state index is -0.00325. The first kappa shape index (κ1) is 17.3. The highest BCUT2D eigenvalue weighted by Crippen LogP contribution is 2.33. The Kier molecular flexibility index (Phi) is 5.16. The van der Waals surface area contributed by atoms with Crippen LogP contribution in [-0.4, -0.2) is 33.3 Å². The van der Waals surface area contributed by atoms with Crippen LogP contribution in [0.4, 0.5) is 4.79 Å². The fraction of sp³-hybridized carbons (Fsp3) is 0.789. The second kappa shape index (κ2) is 7.16. The summed E-state index contributed by atoms with van der Waals surface area (Å²) in [5.41, 5.74) is 3.29. The molecule has 134 valence electrons. The van der Waals surface area contributed by atoms with Gasteiger partial charge in [-0.1, -0.05) is 19.3 Å². The second-order valence-corrected chi connectivity index (χ2v) is 7.77. The van der Waals surface area contributed by atoms with E-state index in [1.807, 2.05) is 18.7 Å². The quantitative estimate of drug-likeness (QED) is 0.890. The average Bonchev–Trinajstić information content (AvgIpc) is 3.33. The molecule has 1 heterocycles. The standard InChI is InChI=1S/C19H32N4O/c1-13(18-14(2)21-22(4)15(18)3)20-19(24)23(12-16-10-11-16)17-8-6-5-7-9-17/h13,16-17H,5-12H2,1-4H3,(H,20,24). The molecule has 5 heteroatoms. The van der Waals surface area contributed by atoms with E-state index in [1.54, 1.807) is 0 Å². The highest BCUT2D eigenvalue weighted by molar-refractivity contribution is 5.75. The second-order valence-electron chi connectivity index (χ2n) is 7.77. The zero-order valence-electron chi connectivity index (χ0n) is 15.6. The lowest BCUT2D eigenvalue weighted by Gasteiger charge is -2.35. The molecule has 1 aromatic rings. The topological polar surface area (TPSA) is 50.2 Å². The summed E-state index contributed by atoms with van der Waals surface area (Å²) in [5, 5.41) is 7.74. The molecule has 1 atom stereocenters. The smallest absolute Gasteiger partial charge is 0.318 e. The molecular formula is C19H32N4O. The first-order valence-electron chi connectivity index (χ1n) is 9.54.